The van der Waals surface area contributed by atoms with Crippen LogP contribution in [0.3, 0.4) is 0 Å². The van der Waals surface area contributed by atoms with Crippen molar-refractivity contribution in [3.63, 3.8) is 0 Å². The molecule has 0 spiro atoms. The average Bonchev–Trinajstić information content (AvgIpc) is 2.92. The first kappa shape index (κ1) is 14.1. The Morgan fingerprint density at radius 2 is 1.62 bits per heavy atom. The van der Waals surface area contributed by atoms with Crippen molar-refractivity contribution in [1.82, 2.24) is 4.90 Å². The molecule has 0 saturated carbocycles. The minimum absolute atomic E-state index is 0.690. The van der Waals surface area contributed by atoms with E-state index in [1.807, 2.05) is 12.1 Å². The summed E-state index contributed by atoms with van der Waals surface area (Å²) in [7, 11) is 0. The fourth-order valence-corrected chi connectivity index (χ4v) is 2.77. The number of hydrogen-bond acceptors (Lipinski definition) is 3. The highest BCUT2D eigenvalue weighted by Gasteiger charge is 2.17. The molecule has 2 aromatic carbocycles. The van der Waals surface area contributed by atoms with E-state index in [0.29, 0.717) is 6.54 Å². The van der Waals surface area contributed by atoms with E-state index in [9.17, 15) is 0 Å². The molecule has 110 valence electrons. The summed E-state index contributed by atoms with van der Waals surface area (Å²) >= 11 is 0. The van der Waals surface area contributed by atoms with Gasteiger partial charge in [0.2, 0.25) is 0 Å². The van der Waals surface area contributed by atoms with Crippen molar-refractivity contribution in [2.24, 2.45) is 5.73 Å². The number of hydrogen-bond donors (Lipinski definition) is 1. The minimum atomic E-state index is 0.690. The largest absolute Gasteiger partial charge is 0.492 e. The first-order valence-corrected chi connectivity index (χ1v) is 7.56. The SMILES string of the molecule is NCCc1ccc(OCCN2Cc3ccccc3C2)cc1. The summed E-state index contributed by atoms with van der Waals surface area (Å²) in [6, 6.07) is 16.9. The lowest BCUT2D eigenvalue weighted by atomic mass is 10.1. The van der Waals surface area contributed by atoms with Crippen molar-refractivity contribution in [3.8, 4) is 5.75 Å². The van der Waals surface area contributed by atoms with Crippen LogP contribution >= 0.6 is 0 Å². The molecule has 0 bridgehead atoms. The van der Waals surface area contributed by atoms with Gasteiger partial charge in [0.15, 0.2) is 0 Å². The Hall–Kier alpha value is -1.84. The molecule has 3 nitrogen and oxygen atoms in total. The molecule has 1 aliphatic heterocycles. The van der Waals surface area contributed by atoms with Crippen molar-refractivity contribution in [2.75, 3.05) is 19.7 Å². The molecule has 0 atom stereocenters. The molecule has 2 N–H and O–H groups in total. The second-order valence-corrected chi connectivity index (χ2v) is 5.51. The fourth-order valence-electron chi connectivity index (χ4n) is 2.77. The van der Waals surface area contributed by atoms with Crippen LogP contribution in [0, 0.1) is 0 Å². The van der Waals surface area contributed by atoms with E-state index in [0.717, 1.165) is 38.4 Å². The Kier molecular flexibility index (Phi) is 4.53. The summed E-state index contributed by atoms with van der Waals surface area (Å²) in [5.41, 5.74) is 9.71. The van der Waals surface area contributed by atoms with E-state index < -0.39 is 0 Å². The number of nitrogens with two attached hydrogens (primary N) is 1. The van der Waals surface area contributed by atoms with Gasteiger partial charge in [0.05, 0.1) is 0 Å². The zero-order valence-electron chi connectivity index (χ0n) is 12.3. The van der Waals surface area contributed by atoms with Gasteiger partial charge in [0.1, 0.15) is 12.4 Å². The predicted molar refractivity (Wildman–Crippen MR) is 85.3 cm³/mol. The van der Waals surface area contributed by atoms with Gasteiger partial charge >= 0.3 is 0 Å². The molecular formula is C18H22N2O. The maximum atomic E-state index is 5.83. The molecule has 1 heterocycles. The van der Waals surface area contributed by atoms with Crippen LogP contribution in [0.4, 0.5) is 0 Å². The number of ether oxygens (including phenoxy) is 1. The highest BCUT2D eigenvalue weighted by molar-refractivity contribution is 5.30. The Balaban J connectivity index is 1.45. The van der Waals surface area contributed by atoms with Crippen molar-refractivity contribution >= 4 is 0 Å². The van der Waals surface area contributed by atoms with Crippen LogP contribution in [-0.2, 0) is 19.5 Å². The smallest absolute Gasteiger partial charge is 0.119 e. The lowest BCUT2D eigenvalue weighted by Crippen LogP contribution is -2.22. The maximum absolute atomic E-state index is 5.83. The van der Waals surface area contributed by atoms with Crippen LogP contribution in [0.15, 0.2) is 48.5 Å². The molecule has 21 heavy (non-hydrogen) atoms. The fraction of sp³-hybridized carbons (Fsp3) is 0.333. The average molecular weight is 282 g/mol. The van der Waals surface area contributed by atoms with Gasteiger partial charge in [-0.3, -0.25) is 4.90 Å². The van der Waals surface area contributed by atoms with E-state index in [1.54, 1.807) is 0 Å². The normalized spacial score (nSPS) is 14.1. The summed E-state index contributed by atoms with van der Waals surface area (Å²) in [4.78, 5) is 2.42. The van der Waals surface area contributed by atoms with E-state index >= 15 is 0 Å². The topological polar surface area (TPSA) is 38.5 Å². The summed E-state index contributed by atoms with van der Waals surface area (Å²) in [6.45, 7) is 4.45. The van der Waals surface area contributed by atoms with E-state index in [1.165, 1.54) is 16.7 Å². The summed E-state index contributed by atoms with van der Waals surface area (Å²) in [6.07, 6.45) is 0.923. The Labute approximate surface area is 126 Å². The van der Waals surface area contributed by atoms with Gasteiger partial charge < -0.3 is 10.5 Å². The van der Waals surface area contributed by atoms with Gasteiger partial charge in [0.25, 0.3) is 0 Å². The third kappa shape index (κ3) is 3.63. The van der Waals surface area contributed by atoms with Gasteiger partial charge in [-0.2, -0.15) is 0 Å². The lowest BCUT2D eigenvalue weighted by Gasteiger charge is -2.15. The van der Waals surface area contributed by atoms with E-state index in [-0.39, 0.29) is 0 Å². The van der Waals surface area contributed by atoms with E-state index in [4.69, 9.17) is 10.5 Å². The highest BCUT2D eigenvalue weighted by Crippen LogP contribution is 2.21. The second kappa shape index (κ2) is 6.74. The quantitative estimate of drug-likeness (QED) is 0.885. The molecule has 3 heteroatoms. The van der Waals surface area contributed by atoms with E-state index in [2.05, 4.69) is 41.3 Å². The zero-order valence-corrected chi connectivity index (χ0v) is 12.3. The number of nitrogens with zero attached hydrogens (tertiary/aromatic N) is 1. The predicted octanol–water partition coefficient (Wildman–Crippen LogP) is 2.58. The maximum Gasteiger partial charge on any atom is 0.119 e. The third-order valence-electron chi connectivity index (χ3n) is 3.94. The van der Waals surface area contributed by atoms with Crippen molar-refractivity contribution in [2.45, 2.75) is 19.5 Å². The van der Waals surface area contributed by atoms with Gasteiger partial charge in [-0.15, -0.1) is 0 Å². The van der Waals surface area contributed by atoms with Crippen LogP contribution in [0.25, 0.3) is 0 Å². The van der Waals surface area contributed by atoms with Gasteiger partial charge in [0, 0.05) is 19.6 Å². The Bertz CT molecular complexity index is 555. The molecule has 0 radical (unpaired) electrons. The van der Waals surface area contributed by atoms with Gasteiger partial charge in [-0.25, -0.2) is 0 Å². The molecule has 0 fully saturated rings. The number of rotatable bonds is 6. The zero-order chi connectivity index (χ0) is 14.5. The van der Waals surface area contributed by atoms with Crippen LogP contribution in [0.2, 0.25) is 0 Å². The Morgan fingerprint density at radius 3 is 2.24 bits per heavy atom. The summed E-state index contributed by atoms with van der Waals surface area (Å²) < 4.78 is 5.83. The first-order chi connectivity index (χ1) is 10.3. The van der Waals surface area contributed by atoms with Crippen molar-refractivity contribution in [1.29, 1.82) is 0 Å². The van der Waals surface area contributed by atoms with Crippen LogP contribution in [0.5, 0.6) is 5.75 Å². The standard InChI is InChI=1S/C18H22N2O/c19-10-9-15-5-7-18(8-6-15)21-12-11-20-13-16-3-1-2-4-17(16)14-20/h1-8H,9-14,19H2. The molecule has 3 rings (SSSR count). The van der Waals surface area contributed by atoms with Gasteiger partial charge in [-0.05, 0) is 41.8 Å². The van der Waals surface area contributed by atoms with Crippen LogP contribution in [-0.4, -0.2) is 24.6 Å². The molecule has 0 aromatic heterocycles. The first-order valence-electron chi connectivity index (χ1n) is 7.56. The molecular weight excluding hydrogens is 260 g/mol. The highest BCUT2D eigenvalue weighted by atomic mass is 16.5. The third-order valence-corrected chi connectivity index (χ3v) is 3.94. The molecule has 0 aliphatic carbocycles. The van der Waals surface area contributed by atoms with Gasteiger partial charge in [-0.1, -0.05) is 36.4 Å². The molecule has 1 aliphatic rings. The lowest BCUT2D eigenvalue weighted by molar-refractivity contribution is 0.211. The second-order valence-electron chi connectivity index (χ2n) is 5.51. The van der Waals surface area contributed by atoms with Crippen molar-refractivity contribution < 1.29 is 4.74 Å². The van der Waals surface area contributed by atoms with Crippen molar-refractivity contribution in [3.05, 3.63) is 65.2 Å². The minimum Gasteiger partial charge on any atom is -0.492 e. The number of benzene rings is 2. The molecule has 0 saturated heterocycles. The van der Waals surface area contributed by atoms with Crippen LogP contribution in [0.1, 0.15) is 16.7 Å². The summed E-state index contributed by atoms with van der Waals surface area (Å²) in [5, 5.41) is 0. The molecule has 0 amide bonds. The van der Waals surface area contributed by atoms with Crippen LogP contribution < -0.4 is 10.5 Å². The summed E-state index contributed by atoms with van der Waals surface area (Å²) in [5.74, 6) is 0.937. The molecule has 0 unspecified atom stereocenters. The Morgan fingerprint density at radius 1 is 0.952 bits per heavy atom. The molecule has 2 aromatic rings. The monoisotopic (exact) mass is 282 g/mol. The number of fused-ring (bicyclic) bond motifs is 1.